The minimum Gasteiger partial charge on any atom is -0.383 e. The molecule has 0 bridgehead atoms. The normalized spacial score (nSPS) is 12.8. The van der Waals surface area contributed by atoms with E-state index in [1.165, 1.54) is 15.6 Å². The number of aliphatic hydroxyl groups is 1. The van der Waals surface area contributed by atoms with Crippen LogP contribution in [0.1, 0.15) is 33.2 Å². The predicted octanol–water partition coefficient (Wildman–Crippen LogP) is 4.91. The Morgan fingerprint density at radius 3 is 2.25 bits per heavy atom. The highest BCUT2D eigenvalue weighted by molar-refractivity contribution is 7.19. The first-order chi connectivity index (χ1) is 9.56. The maximum atomic E-state index is 10.8. The molecule has 20 heavy (non-hydrogen) atoms. The van der Waals surface area contributed by atoms with Crippen LogP contribution in [0.4, 0.5) is 0 Å². The van der Waals surface area contributed by atoms with Gasteiger partial charge in [-0.05, 0) is 55.0 Å². The van der Waals surface area contributed by atoms with Crippen molar-refractivity contribution in [1.82, 2.24) is 0 Å². The molecular formula is C18H18OS. The van der Waals surface area contributed by atoms with Crippen molar-refractivity contribution >= 4 is 21.4 Å². The molecule has 0 spiro atoms. The van der Waals surface area contributed by atoms with E-state index in [1.54, 1.807) is 11.3 Å². The lowest BCUT2D eigenvalue weighted by atomic mass is 9.95. The van der Waals surface area contributed by atoms with Gasteiger partial charge in [0.05, 0.1) is 0 Å². The average Bonchev–Trinajstić information content (AvgIpc) is 2.81. The largest absolute Gasteiger partial charge is 0.383 e. The van der Waals surface area contributed by atoms with E-state index in [0.717, 1.165) is 21.6 Å². The molecule has 0 fully saturated rings. The van der Waals surface area contributed by atoms with Crippen LogP contribution in [0.25, 0.3) is 10.1 Å². The van der Waals surface area contributed by atoms with Gasteiger partial charge in [-0.25, -0.2) is 0 Å². The first kappa shape index (κ1) is 13.3. The molecule has 2 aromatic carbocycles. The molecule has 0 aliphatic carbocycles. The van der Waals surface area contributed by atoms with Gasteiger partial charge in [-0.15, -0.1) is 11.3 Å². The highest BCUT2D eigenvalue weighted by atomic mass is 32.1. The fourth-order valence-corrected chi connectivity index (χ4v) is 3.96. The predicted molar refractivity (Wildman–Crippen MR) is 86.5 cm³/mol. The van der Waals surface area contributed by atoms with Crippen molar-refractivity contribution in [3.05, 3.63) is 69.6 Å². The fraction of sp³-hybridized carbons (Fsp3) is 0.222. The molecule has 0 aliphatic rings. The molecule has 0 saturated heterocycles. The van der Waals surface area contributed by atoms with E-state index < -0.39 is 6.10 Å². The SMILES string of the molecule is Cc1cc(C)c(C(O)c2cc3ccccc3s2)c(C)c1. The van der Waals surface area contributed by atoms with Crippen molar-refractivity contribution in [2.75, 3.05) is 0 Å². The van der Waals surface area contributed by atoms with Gasteiger partial charge in [0.2, 0.25) is 0 Å². The lowest BCUT2D eigenvalue weighted by molar-refractivity contribution is 0.222. The summed E-state index contributed by atoms with van der Waals surface area (Å²) in [6.45, 7) is 6.24. The summed E-state index contributed by atoms with van der Waals surface area (Å²) in [6, 6.07) is 14.6. The van der Waals surface area contributed by atoms with Crippen LogP contribution >= 0.6 is 11.3 Å². The number of thiophene rings is 1. The van der Waals surface area contributed by atoms with E-state index in [9.17, 15) is 5.11 Å². The van der Waals surface area contributed by atoms with Crippen LogP contribution < -0.4 is 0 Å². The van der Waals surface area contributed by atoms with Crippen LogP contribution in [0.15, 0.2) is 42.5 Å². The molecule has 1 nitrogen and oxygen atoms in total. The molecule has 1 unspecified atom stereocenters. The molecule has 0 saturated carbocycles. The van der Waals surface area contributed by atoms with E-state index in [1.807, 2.05) is 12.1 Å². The van der Waals surface area contributed by atoms with Gasteiger partial charge >= 0.3 is 0 Å². The van der Waals surface area contributed by atoms with E-state index in [4.69, 9.17) is 0 Å². The summed E-state index contributed by atoms with van der Waals surface area (Å²) >= 11 is 1.67. The number of hydrogen-bond acceptors (Lipinski definition) is 2. The zero-order valence-corrected chi connectivity index (χ0v) is 12.8. The molecule has 102 valence electrons. The van der Waals surface area contributed by atoms with E-state index in [-0.39, 0.29) is 0 Å². The Labute approximate surface area is 123 Å². The van der Waals surface area contributed by atoms with Crippen LogP contribution in [0.3, 0.4) is 0 Å². The topological polar surface area (TPSA) is 20.2 Å². The van der Waals surface area contributed by atoms with E-state index in [2.05, 4.69) is 51.1 Å². The lowest BCUT2D eigenvalue weighted by Crippen LogP contribution is -2.03. The molecule has 0 amide bonds. The quantitative estimate of drug-likeness (QED) is 0.708. The molecule has 3 rings (SSSR count). The van der Waals surface area contributed by atoms with Crippen LogP contribution in [0.2, 0.25) is 0 Å². The zero-order chi connectivity index (χ0) is 14.3. The Kier molecular flexibility index (Phi) is 3.36. The van der Waals surface area contributed by atoms with Gasteiger partial charge in [0.1, 0.15) is 6.10 Å². The number of aliphatic hydroxyl groups excluding tert-OH is 1. The summed E-state index contributed by atoms with van der Waals surface area (Å²) in [7, 11) is 0. The Morgan fingerprint density at radius 1 is 0.950 bits per heavy atom. The minimum absolute atomic E-state index is 0.534. The van der Waals surface area contributed by atoms with E-state index >= 15 is 0 Å². The van der Waals surface area contributed by atoms with Crippen LogP contribution in [0.5, 0.6) is 0 Å². The molecule has 0 aliphatic heterocycles. The molecule has 2 heteroatoms. The van der Waals surface area contributed by atoms with Crippen LogP contribution in [0, 0.1) is 20.8 Å². The van der Waals surface area contributed by atoms with Crippen molar-refractivity contribution in [1.29, 1.82) is 0 Å². The second kappa shape index (κ2) is 5.04. The Morgan fingerprint density at radius 2 is 1.60 bits per heavy atom. The summed E-state index contributed by atoms with van der Waals surface area (Å²) < 4.78 is 1.23. The molecular weight excluding hydrogens is 264 g/mol. The van der Waals surface area contributed by atoms with Crippen molar-refractivity contribution in [2.45, 2.75) is 26.9 Å². The van der Waals surface area contributed by atoms with Gasteiger partial charge in [0.15, 0.2) is 0 Å². The Balaban J connectivity index is 2.10. The minimum atomic E-state index is -0.534. The lowest BCUT2D eigenvalue weighted by Gasteiger charge is -2.16. The molecule has 3 aromatic rings. The standard InChI is InChI=1S/C18H18OS/c1-11-8-12(2)17(13(3)9-11)18(19)16-10-14-6-4-5-7-15(14)20-16/h4-10,18-19H,1-3H3. The van der Waals surface area contributed by atoms with Gasteiger partial charge in [-0.3, -0.25) is 0 Å². The number of benzene rings is 2. The smallest absolute Gasteiger partial charge is 0.114 e. The number of fused-ring (bicyclic) bond motifs is 1. The third-order valence-corrected chi connectivity index (χ3v) is 4.89. The van der Waals surface area contributed by atoms with E-state index in [0.29, 0.717) is 0 Å². The second-order valence-corrected chi connectivity index (χ2v) is 6.52. The summed E-state index contributed by atoms with van der Waals surface area (Å²) in [4.78, 5) is 1.02. The van der Waals surface area contributed by atoms with Gasteiger partial charge in [0, 0.05) is 9.58 Å². The molecule has 1 atom stereocenters. The average molecular weight is 282 g/mol. The monoisotopic (exact) mass is 282 g/mol. The first-order valence-electron chi connectivity index (χ1n) is 6.80. The van der Waals surface area contributed by atoms with Crippen LogP contribution in [-0.2, 0) is 0 Å². The van der Waals surface area contributed by atoms with Gasteiger partial charge in [0.25, 0.3) is 0 Å². The maximum absolute atomic E-state index is 10.8. The highest BCUT2D eigenvalue weighted by Crippen LogP contribution is 2.35. The van der Waals surface area contributed by atoms with Crippen molar-refractivity contribution in [3.8, 4) is 0 Å². The zero-order valence-electron chi connectivity index (χ0n) is 12.0. The summed E-state index contributed by atoms with van der Waals surface area (Å²) in [5.41, 5.74) is 4.61. The van der Waals surface area contributed by atoms with Gasteiger partial charge in [-0.1, -0.05) is 35.9 Å². The molecule has 1 N–H and O–H groups in total. The highest BCUT2D eigenvalue weighted by Gasteiger charge is 2.18. The Bertz CT molecular complexity index is 714. The summed E-state index contributed by atoms with van der Waals surface area (Å²) in [5, 5.41) is 12.0. The second-order valence-electron chi connectivity index (χ2n) is 5.40. The van der Waals surface area contributed by atoms with Crippen molar-refractivity contribution < 1.29 is 5.11 Å². The van der Waals surface area contributed by atoms with Gasteiger partial charge in [-0.2, -0.15) is 0 Å². The molecule has 1 aromatic heterocycles. The fourth-order valence-electron chi connectivity index (χ4n) is 2.90. The van der Waals surface area contributed by atoms with Crippen molar-refractivity contribution in [3.63, 3.8) is 0 Å². The number of hydrogen-bond donors (Lipinski definition) is 1. The third-order valence-electron chi connectivity index (χ3n) is 3.73. The first-order valence-corrected chi connectivity index (χ1v) is 7.62. The number of aryl methyl sites for hydroxylation is 3. The maximum Gasteiger partial charge on any atom is 0.114 e. The summed E-state index contributed by atoms with van der Waals surface area (Å²) in [5.74, 6) is 0. The third kappa shape index (κ3) is 2.26. The molecule has 1 heterocycles. The van der Waals surface area contributed by atoms with Gasteiger partial charge < -0.3 is 5.11 Å². The Hall–Kier alpha value is -1.64. The summed E-state index contributed by atoms with van der Waals surface area (Å²) in [6.07, 6.45) is -0.534. The van der Waals surface area contributed by atoms with Crippen LogP contribution in [-0.4, -0.2) is 5.11 Å². The van der Waals surface area contributed by atoms with Crippen molar-refractivity contribution in [2.24, 2.45) is 0 Å². The molecule has 0 radical (unpaired) electrons. The number of rotatable bonds is 2.